The number of ether oxygens (including phenoxy) is 1. The van der Waals surface area contributed by atoms with Crippen molar-refractivity contribution in [3.05, 3.63) is 70.8 Å². The Morgan fingerprint density at radius 3 is 2.23 bits per heavy atom. The number of benzene rings is 2. The molecule has 1 fully saturated rings. The predicted molar refractivity (Wildman–Crippen MR) is 105 cm³/mol. The van der Waals surface area contributed by atoms with Crippen molar-refractivity contribution in [1.82, 2.24) is 11.1 Å². The van der Waals surface area contributed by atoms with Crippen molar-refractivity contribution >= 4 is 12.0 Å². The van der Waals surface area contributed by atoms with Crippen molar-refractivity contribution in [3.8, 4) is 0 Å². The van der Waals surface area contributed by atoms with E-state index in [-0.39, 0.29) is 31.4 Å². The van der Waals surface area contributed by atoms with E-state index in [0.29, 0.717) is 12.8 Å². The molecule has 5 N–H and O–H groups in total. The molecule has 1 aliphatic rings. The Morgan fingerprint density at radius 2 is 1.67 bits per heavy atom. The van der Waals surface area contributed by atoms with Crippen LogP contribution in [0.2, 0.25) is 0 Å². The highest BCUT2D eigenvalue weighted by molar-refractivity contribution is 5.95. The lowest BCUT2D eigenvalue weighted by Crippen LogP contribution is -2.38. The number of hydrogen-bond donors (Lipinski definition) is 2. The summed E-state index contributed by atoms with van der Waals surface area (Å²) in [5.41, 5.74) is 4.54. The Labute approximate surface area is 172 Å². The minimum Gasteiger partial charge on any atom is -0.445 e. The Balaban J connectivity index is 0.00000320. The van der Waals surface area contributed by atoms with Crippen LogP contribution in [0.1, 0.15) is 45.8 Å². The number of nitrogens with zero attached hydrogens (tertiary/aromatic N) is 1. The normalized spacial score (nSPS) is 14.7. The van der Waals surface area contributed by atoms with E-state index in [1.807, 2.05) is 30.3 Å². The molecular formula is C21H24F3N3O3. The maximum Gasteiger partial charge on any atom is 0.417 e. The summed E-state index contributed by atoms with van der Waals surface area (Å²) in [4.78, 5) is 25.2. The SMILES string of the molecule is N.NC(=O)c1cccc(C2CCN(C(=O)OCc3ccccc3)CC2)c1C(F)(F)F. The predicted octanol–water partition coefficient (Wildman–Crippen LogP) is 4.48. The number of amides is 2. The zero-order valence-corrected chi connectivity index (χ0v) is 16.3. The molecule has 0 aliphatic carbocycles. The Kier molecular flexibility index (Phi) is 7.44. The summed E-state index contributed by atoms with van der Waals surface area (Å²) in [7, 11) is 0. The van der Waals surface area contributed by atoms with E-state index in [1.165, 1.54) is 17.0 Å². The summed E-state index contributed by atoms with van der Waals surface area (Å²) in [5, 5.41) is 0. The summed E-state index contributed by atoms with van der Waals surface area (Å²) >= 11 is 0. The summed E-state index contributed by atoms with van der Waals surface area (Å²) in [6.45, 7) is 0.686. The minimum atomic E-state index is -4.69. The molecule has 1 aliphatic heterocycles. The number of likely N-dealkylation sites (tertiary alicyclic amines) is 1. The second kappa shape index (κ2) is 9.62. The third-order valence-corrected chi connectivity index (χ3v) is 5.04. The number of piperidine rings is 1. The number of primary amides is 1. The van der Waals surface area contributed by atoms with E-state index >= 15 is 0 Å². The number of halogens is 3. The highest BCUT2D eigenvalue weighted by atomic mass is 19.4. The molecule has 6 nitrogen and oxygen atoms in total. The van der Waals surface area contributed by atoms with E-state index < -0.39 is 35.2 Å². The van der Waals surface area contributed by atoms with Gasteiger partial charge in [0.05, 0.1) is 11.1 Å². The van der Waals surface area contributed by atoms with E-state index in [1.54, 1.807) is 0 Å². The average molecular weight is 423 g/mol. The van der Waals surface area contributed by atoms with Gasteiger partial charge in [-0.1, -0.05) is 42.5 Å². The molecule has 162 valence electrons. The first-order valence-electron chi connectivity index (χ1n) is 9.23. The molecular weight excluding hydrogens is 399 g/mol. The summed E-state index contributed by atoms with van der Waals surface area (Å²) in [5.74, 6) is -1.54. The molecule has 3 rings (SSSR count). The Bertz CT molecular complexity index is 880. The van der Waals surface area contributed by atoms with Gasteiger partial charge in [-0.25, -0.2) is 4.79 Å². The van der Waals surface area contributed by atoms with Crippen LogP contribution in [0.3, 0.4) is 0 Å². The molecule has 0 aromatic heterocycles. The monoisotopic (exact) mass is 423 g/mol. The first kappa shape index (κ1) is 23.2. The maximum atomic E-state index is 13.6. The molecule has 2 aromatic rings. The number of alkyl halides is 3. The molecule has 9 heteroatoms. The van der Waals surface area contributed by atoms with Crippen molar-refractivity contribution in [2.45, 2.75) is 31.5 Å². The standard InChI is InChI=1S/C21H21F3N2O3.H3N/c22-21(23,24)18-16(7-4-8-17(18)19(25)27)15-9-11-26(12-10-15)20(28)29-13-14-5-2-1-3-6-14;/h1-8,15H,9-13H2,(H2,25,27);1H3. The molecule has 0 radical (unpaired) electrons. The van der Waals surface area contributed by atoms with Gasteiger partial charge in [0, 0.05) is 13.1 Å². The lowest BCUT2D eigenvalue weighted by molar-refractivity contribution is -0.138. The van der Waals surface area contributed by atoms with E-state index in [2.05, 4.69) is 0 Å². The van der Waals surface area contributed by atoms with E-state index in [4.69, 9.17) is 10.5 Å². The smallest absolute Gasteiger partial charge is 0.417 e. The number of carbonyl (C=O) groups is 2. The molecule has 0 bridgehead atoms. The van der Waals surface area contributed by atoms with Gasteiger partial charge < -0.3 is 21.5 Å². The van der Waals surface area contributed by atoms with Gasteiger partial charge in [0.15, 0.2) is 0 Å². The van der Waals surface area contributed by atoms with Gasteiger partial charge >= 0.3 is 12.3 Å². The van der Waals surface area contributed by atoms with Crippen LogP contribution in [-0.4, -0.2) is 30.0 Å². The van der Waals surface area contributed by atoms with Crippen LogP contribution in [0.4, 0.5) is 18.0 Å². The molecule has 2 aromatic carbocycles. The topological polar surface area (TPSA) is 108 Å². The number of nitrogens with two attached hydrogens (primary N) is 1. The average Bonchev–Trinajstić information content (AvgIpc) is 2.71. The maximum absolute atomic E-state index is 13.6. The highest BCUT2D eigenvalue weighted by Gasteiger charge is 2.39. The third-order valence-electron chi connectivity index (χ3n) is 5.04. The molecule has 0 unspecified atom stereocenters. The van der Waals surface area contributed by atoms with Crippen molar-refractivity contribution in [2.75, 3.05) is 13.1 Å². The lowest BCUT2D eigenvalue weighted by atomic mass is 9.84. The van der Waals surface area contributed by atoms with Gasteiger partial charge in [-0.2, -0.15) is 13.2 Å². The summed E-state index contributed by atoms with van der Waals surface area (Å²) in [6.07, 6.45) is -4.50. The number of hydrogen-bond acceptors (Lipinski definition) is 4. The summed E-state index contributed by atoms with van der Waals surface area (Å²) < 4.78 is 46.1. The van der Waals surface area contributed by atoms with Crippen molar-refractivity contribution in [1.29, 1.82) is 0 Å². The van der Waals surface area contributed by atoms with Gasteiger partial charge in [0.2, 0.25) is 5.91 Å². The van der Waals surface area contributed by atoms with Crippen molar-refractivity contribution < 1.29 is 27.5 Å². The van der Waals surface area contributed by atoms with Crippen molar-refractivity contribution in [2.24, 2.45) is 5.73 Å². The third kappa shape index (κ3) is 5.29. The number of carbonyl (C=O) groups excluding carboxylic acids is 2. The second-order valence-electron chi connectivity index (χ2n) is 6.93. The first-order valence-corrected chi connectivity index (χ1v) is 9.23. The van der Waals surface area contributed by atoms with Crippen LogP contribution in [0.15, 0.2) is 48.5 Å². The highest BCUT2D eigenvalue weighted by Crippen LogP contribution is 2.40. The Morgan fingerprint density at radius 1 is 1.03 bits per heavy atom. The molecule has 0 spiro atoms. The minimum absolute atomic E-state index is 0. The van der Waals surface area contributed by atoms with Crippen LogP contribution in [0.25, 0.3) is 0 Å². The molecule has 1 heterocycles. The molecule has 0 saturated carbocycles. The van der Waals surface area contributed by atoms with Crippen LogP contribution in [0.5, 0.6) is 0 Å². The van der Waals surface area contributed by atoms with Crippen LogP contribution in [0, 0.1) is 0 Å². The molecule has 2 amide bonds. The van der Waals surface area contributed by atoms with Gasteiger partial charge in [0.25, 0.3) is 0 Å². The molecule has 0 atom stereocenters. The van der Waals surface area contributed by atoms with Crippen LogP contribution in [-0.2, 0) is 17.5 Å². The van der Waals surface area contributed by atoms with Crippen molar-refractivity contribution in [3.63, 3.8) is 0 Å². The zero-order chi connectivity index (χ0) is 21.0. The molecule has 30 heavy (non-hydrogen) atoms. The largest absolute Gasteiger partial charge is 0.445 e. The fourth-order valence-corrected chi connectivity index (χ4v) is 3.62. The van der Waals surface area contributed by atoms with E-state index in [0.717, 1.165) is 11.6 Å². The van der Waals surface area contributed by atoms with E-state index in [9.17, 15) is 22.8 Å². The van der Waals surface area contributed by atoms with Gasteiger partial charge in [-0.05, 0) is 36.0 Å². The van der Waals surface area contributed by atoms with Gasteiger partial charge in [0.1, 0.15) is 6.61 Å². The number of rotatable bonds is 4. The zero-order valence-electron chi connectivity index (χ0n) is 16.3. The van der Waals surface area contributed by atoms with Gasteiger partial charge in [-0.15, -0.1) is 0 Å². The quantitative estimate of drug-likeness (QED) is 0.756. The second-order valence-corrected chi connectivity index (χ2v) is 6.93. The first-order chi connectivity index (χ1) is 13.8. The Hall–Kier alpha value is -3.07. The molecule has 1 saturated heterocycles. The van der Waals surface area contributed by atoms with Crippen LogP contribution < -0.4 is 11.9 Å². The lowest BCUT2D eigenvalue weighted by Gasteiger charge is -2.33. The summed E-state index contributed by atoms with van der Waals surface area (Å²) in [6, 6.07) is 13.1. The fourth-order valence-electron chi connectivity index (χ4n) is 3.62. The van der Waals surface area contributed by atoms with Gasteiger partial charge in [-0.3, -0.25) is 4.79 Å². The fraction of sp³-hybridized carbons (Fsp3) is 0.333. The van der Waals surface area contributed by atoms with Crippen LogP contribution >= 0.6 is 0 Å².